The molecule has 0 saturated carbocycles. The Kier molecular flexibility index (Phi) is 7.45. The van der Waals surface area contributed by atoms with Crippen molar-refractivity contribution in [2.45, 2.75) is 36.9 Å². The molecule has 1 rings (SSSR count). The van der Waals surface area contributed by atoms with Gasteiger partial charge in [-0.25, -0.2) is 0 Å². The molecule has 0 heterocycles. The maximum atomic E-state index is 5.64. The number of benzene rings is 1. The van der Waals surface area contributed by atoms with Crippen LogP contribution in [0.1, 0.15) is 32.1 Å². The lowest BCUT2D eigenvalue weighted by Gasteiger charge is -2.05. The van der Waals surface area contributed by atoms with Crippen LogP contribution in [-0.2, 0) is 0 Å². The van der Waals surface area contributed by atoms with Crippen LogP contribution in [0.5, 0.6) is 5.75 Å². The van der Waals surface area contributed by atoms with Crippen molar-refractivity contribution in [2.24, 2.45) is 0 Å². The predicted octanol–water partition coefficient (Wildman–Crippen LogP) is 4.62. The van der Waals surface area contributed by atoms with Crippen LogP contribution < -0.4 is 4.74 Å². The van der Waals surface area contributed by atoms with Gasteiger partial charge in [0, 0.05) is 0 Å². The van der Waals surface area contributed by atoms with Crippen LogP contribution in [0, 0.1) is 6.07 Å². The van der Waals surface area contributed by atoms with Gasteiger partial charge >= 0.3 is 0 Å². The minimum Gasteiger partial charge on any atom is -0.494 e. The summed E-state index contributed by atoms with van der Waals surface area (Å²) in [5.41, 5.74) is 0. The van der Waals surface area contributed by atoms with Gasteiger partial charge in [0.05, 0.1) is 6.61 Å². The fourth-order valence-corrected chi connectivity index (χ4v) is 1.72. The maximum Gasteiger partial charge on any atom is 0.119 e. The van der Waals surface area contributed by atoms with Gasteiger partial charge in [-0.1, -0.05) is 31.4 Å². The molecule has 0 unspecified atom stereocenters. The van der Waals surface area contributed by atoms with Gasteiger partial charge in [-0.3, -0.25) is 0 Å². The van der Waals surface area contributed by atoms with Crippen LogP contribution in [-0.4, -0.2) is 11.4 Å². The Morgan fingerprint density at radius 2 is 1.75 bits per heavy atom. The first kappa shape index (κ1) is 13.7. The number of alkyl halides is 2. The summed E-state index contributed by atoms with van der Waals surface area (Å²) in [6, 6.07) is 10.5. The lowest BCUT2D eigenvalue weighted by Crippen LogP contribution is -1.97. The Balaban J connectivity index is 1.93. The van der Waals surface area contributed by atoms with Crippen molar-refractivity contribution in [3.05, 3.63) is 30.3 Å². The number of ether oxygens (including phenoxy) is 1. The maximum absolute atomic E-state index is 5.64. The molecule has 0 saturated heterocycles. The zero-order valence-electron chi connectivity index (χ0n) is 9.29. The third-order valence-electron chi connectivity index (χ3n) is 2.27. The molecule has 0 fully saturated rings. The highest BCUT2D eigenvalue weighted by Gasteiger charge is 1.98. The monoisotopic (exact) mass is 259 g/mol. The van der Waals surface area contributed by atoms with E-state index in [2.05, 4.69) is 6.07 Å². The molecular weight excluding hydrogens is 243 g/mol. The molecule has 89 valence electrons. The second-order valence-electron chi connectivity index (χ2n) is 3.68. The SMILES string of the molecule is ClC(Cl)CCCCCCOc1cc[c]cc1. The summed E-state index contributed by atoms with van der Waals surface area (Å²) < 4.78 is 5.56. The minimum atomic E-state index is -0.211. The van der Waals surface area contributed by atoms with E-state index in [1.807, 2.05) is 24.3 Å². The van der Waals surface area contributed by atoms with E-state index in [9.17, 15) is 0 Å². The molecule has 0 atom stereocenters. The zero-order chi connectivity index (χ0) is 11.6. The van der Waals surface area contributed by atoms with Crippen LogP contribution in [0.4, 0.5) is 0 Å². The quantitative estimate of drug-likeness (QED) is 0.489. The van der Waals surface area contributed by atoms with Gasteiger partial charge in [0.25, 0.3) is 0 Å². The second kappa shape index (κ2) is 8.72. The summed E-state index contributed by atoms with van der Waals surface area (Å²) in [4.78, 5) is -0.211. The lowest BCUT2D eigenvalue weighted by molar-refractivity contribution is 0.304. The molecule has 1 nitrogen and oxygen atoms in total. The first-order valence-electron chi connectivity index (χ1n) is 5.66. The molecule has 0 aliphatic heterocycles. The molecule has 0 aromatic heterocycles. The Morgan fingerprint density at radius 3 is 2.44 bits per heavy atom. The van der Waals surface area contributed by atoms with Crippen molar-refractivity contribution in [1.29, 1.82) is 0 Å². The lowest BCUT2D eigenvalue weighted by atomic mass is 10.2. The number of rotatable bonds is 8. The Morgan fingerprint density at radius 1 is 1.06 bits per heavy atom. The van der Waals surface area contributed by atoms with Crippen LogP contribution in [0.2, 0.25) is 0 Å². The molecule has 0 amide bonds. The van der Waals surface area contributed by atoms with Gasteiger partial charge in [-0.05, 0) is 31.0 Å². The average Bonchev–Trinajstić information content (AvgIpc) is 2.29. The number of hydrogen-bond acceptors (Lipinski definition) is 1. The highest BCUT2D eigenvalue weighted by molar-refractivity contribution is 6.44. The van der Waals surface area contributed by atoms with Gasteiger partial charge in [0.2, 0.25) is 0 Å². The number of hydrogen-bond donors (Lipinski definition) is 0. The van der Waals surface area contributed by atoms with Gasteiger partial charge in [-0.2, -0.15) is 0 Å². The molecule has 3 heteroatoms. The molecule has 16 heavy (non-hydrogen) atoms. The van der Waals surface area contributed by atoms with E-state index in [1.54, 1.807) is 0 Å². The topological polar surface area (TPSA) is 9.23 Å². The van der Waals surface area contributed by atoms with Crippen molar-refractivity contribution in [3.8, 4) is 5.75 Å². The van der Waals surface area contributed by atoms with E-state index in [0.717, 1.165) is 31.6 Å². The summed E-state index contributed by atoms with van der Waals surface area (Å²) in [7, 11) is 0. The average molecular weight is 260 g/mol. The van der Waals surface area contributed by atoms with Crippen molar-refractivity contribution in [2.75, 3.05) is 6.61 Å². The first-order valence-corrected chi connectivity index (χ1v) is 6.53. The van der Waals surface area contributed by atoms with Crippen LogP contribution in [0.3, 0.4) is 0 Å². The Labute approximate surface area is 108 Å². The van der Waals surface area contributed by atoms with E-state index in [1.165, 1.54) is 12.8 Å². The fourth-order valence-electron chi connectivity index (χ4n) is 1.41. The third-order valence-corrected chi connectivity index (χ3v) is 2.71. The summed E-state index contributed by atoms with van der Waals surface area (Å²) in [6.07, 6.45) is 5.39. The normalized spacial score (nSPS) is 10.7. The van der Waals surface area contributed by atoms with Gasteiger partial charge in [-0.15, -0.1) is 23.2 Å². The van der Waals surface area contributed by atoms with E-state index < -0.39 is 0 Å². The molecule has 1 aromatic rings. The van der Waals surface area contributed by atoms with E-state index in [-0.39, 0.29) is 4.84 Å². The molecule has 0 aliphatic rings. The smallest absolute Gasteiger partial charge is 0.119 e. The molecule has 0 N–H and O–H groups in total. The molecule has 0 bridgehead atoms. The Bertz CT molecular complexity index is 262. The molecule has 1 aromatic carbocycles. The number of unbranched alkanes of at least 4 members (excludes halogenated alkanes) is 3. The second-order valence-corrected chi connectivity index (χ2v) is 4.96. The zero-order valence-corrected chi connectivity index (χ0v) is 10.8. The summed E-state index contributed by atoms with van der Waals surface area (Å²) in [5.74, 6) is 0.917. The van der Waals surface area contributed by atoms with Crippen molar-refractivity contribution in [3.63, 3.8) is 0 Å². The molecule has 1 radical (unpaired) electrons. The minimum absolute atomic E-state index is 0.211. The van der Waals surface area contributed by atoms with Crippen molar-refractivity contribution >= 4 is 23.2 Å². The first-order chi connectivity index (χ1) is 7.79. The molecule has 0 spiro atoms. The summed E-state index contributed by atoms with van der Waals surface area (Å²) >= 11 is 11.3. The summed E-state index contributed by atoms with van der Waals surface area (Å²) in [5, 5.41) is 0. The Hall–Kier alpha value is -0.400. The third kappa shape index (κ3) is 6.97. The van der Waals surface area contributed by atoms with Crippen LogP contribution in [0.25, 0.3) is 0 Å². The van der Waals surface area contributed by atoms with Gasteiger partial charge in [0.15, 0.2) is 0 Å². The summed E-state index contributed by atoms with van der Waals surface area (Å²) in [6.45, 7) is 0.773. The van der Waals surface area contributed by atoms with E-state index in [0.29, 0.717) is 0 Å². The van der Waals surface area contributed by atoms with Crippen LogP contribution >= 0.6 is 23.2 Å². The molecule has 0 aliphatic carbocycles. The highest BCUT2D eigenvalue weighted by Crippen LogP contribution is 2.13. The highest BCUT2D eigenvalue weighted by atomic mass is 35.5. The van der Waals surface area contributed by atoms with Crippen molar-refractivity contribution < 1.29 is 4.74 Å². The van der Waals surface area contributed by atoms with Crippen LogP contribution in [0.15, 0.2) is 24.3 Å². The van der Waals surface area contributed by atoms with E-state index >= 15 is 0 Å². The standard InChI is InChI=1S/C13H17Cl2O/c14-13(15)10-6-1-2-7-11-16-12-8-4-3-5-9-12/h4-5,8-9,13H,1-2,6-7,10-11H2. The van der Waals surface area contributed by atoms with Gasteiger partial charge < -0.3 is 4.74 Å². The van der Waals surface area contributed by atoms with E-state index in [4.69, 9.17) is 27.9 Å². The predicted molar refractivity (Wildman–Crippen MR) is 69.4 cm³/mol. The van der Waals surface area contributed by atoms with Gasteiger partial charge in [0.1, 0.15) is 10.6 Å². The molecular formula is C13H17Cl2O. The largest absolute Gasteiger partial charge is 0.494 e. The van der Waals surface area contributed by atoms with Crippen molar-refractivity contribution in [1.82, 2.24) is 0 Å². The number of halogens is 2. The fraction of sp³-hybridized carbons (Fsp3) is 0.538.